The normalized spacial score (nSPS) is 20.8. The summed E-state index contributed by atoms with van der Waals surface area (Å²) in [4.78, 5) is 4.09. The Morgan fingerprint density at radius 3 is 2.57 bits per heavy atom. The van der Waals surface area contributed by atoms with Crippen molar-refractivity contribution in [3.05, 3.63) is 64.1 Å². The lowest BCUT2D eigenvalue weighted by Crippen LogP contribution is -2.47. The molecular weight excluding hydrogens is 423 g/mol. The lowest BCUT2D eigenvalue weighted by Gasteiger charge is -2.37. The second kappa shape index (κ2) is 9.58. The smallest absolute Gasteiger partial charge is 0.146 e. The first-order valence-electron chi connectivity index (χ1n) is 10.2. The molecule has 0 spiro atoms. The molecular formula is C23H26Cl2N2O3. The van der Waals surface area contributed by atoms with Crippen LogP contribution in [0.4, 0.5) is 5.69 Å². The molecule has 1 saturated heterocycles. The first-order chi connectivity index (χ1) is 14.5. The van der Waals surface area contributed by atoms with E-state index in [0.717, 1.165) is 42.9 Å². The molecule has 2 aliphatic rings. The lowest BCUT2D eigenvalue weighted by atomic mass is 10.1. The molecule has 0 radical (unpaired) electrons. The van der Waals surface area contributed by atoms with E-state index in [0.29, 0.717) is 23.1 Å². The Balaban J connectivity index is 1.27. The Morgan fingerprint density at radius 2 is 1.80 bits per heavy atom. The largest absolute Gasteiger partial charge is 0.490 e. The van der Waals surface area contributed by atoms with Crippen LogP contribution in [0, 0.1) is 0 Å². The number of aliphatic hydroxyl groups is 2. The minimum atomic E-state index is -0.722. The highest BCUT2D eigenvalue weighted by molar-refractivity contribution is 6.42. The van der Waals surface area contributed by atoms with Crippen LogP contribution >= 0.6 is 23.2 Å². The van der Waals surface area contributed by atoms with E-state index in [1.54, 1.807) is 18.2 Å². The maximum absolute atomic E-state index is 10.7. The number of aliphatic hydroxyl groups excluding tert-OH is 2. The molecule has 0 aliphatic carbocycles. The van der Waals surface area contributed by atoms with Gasteiger partial charge < -0.3 is 24.7 Å². The van der Waals surface area contributed by atoms with Gasteiger partial charge in [0, 0.05) is 37.9 Å². The number of para-hydroxylation sites is 1. The molecule has 5 nitrogen and oxygen atoms in total. The summed E-state index contributed by atoms with van der Waals surface area (Å²) in [6.45, 7) is 2.64. The van der Waals surface area contributed by atoms with Crippen molar-refractivity contribution in [2.75, 3.05) is 31.1 Å². The van der Waals surface area contributed by atoms with E-state index in [1.807, 2.05) is 41.3 Å². The number of likely N-dealkylation sites (tertiary alicyclic amines) is 1. The average molecular weight is 449 g/mol. The quantitative estimate of drug-likeness (QED) is 0.697. The molecule has 0 bridgehead atoms. The van der Waals surface area contributed by atoms with Crippen LogP contribution in [0.5, 0.6) is 5.75 Å². The topological polar surface area (TPSA) is 56.2 Å². The van der Waals surface area contributed by atoms with Gasteiger partial charge in [-0.2, -0.15) is 0 Å². The van der Waals surface area contributed by atoms with Gasteiger partial charge >= 0.3 is 0 Å². The number of hydrogen-bond donors (Lipinski definition) is 2. The highest BCUT2D eigenvalue weighted by Gasteiger charge is 2.26. The van der Waals surface area contributed by atoms with Gasteiger partial charge in [0.2, 0.25) is 0 Å². The van der Waals surface area contributed by atoms with E-state index in [1.165, 1.54) is 0 Å². The zero-order chi connectivity index (χ0) is 21.1. The Labute approximate surface area is 187 Å². The Morgan fingerprint density at radius 1 is 1.03 bits per heavy atom. The second-order valence-electron chi connectivity index (χ2n) is 7.83. The van der Waals surface area contributed by atoms with Crippen molar-refractivity contribution >= 4 is 35.0 Å². The molecule has 1 unspecified atom stereocenters. The molecule has 0 aromatic heterocycles. The third-order valence-corrected chi connectivity index (χ3v) is 6.36. The number of anilines is 1. The fourth-order valence-corrected chi connectivity index (χ4v) is 4.36. The second-order valence-corrected chi connectivity index (χ2v) is 8.65. The standard InChI is InChI=1S/C23H26Cl2N2O3/c24-20-7-6-19(13-21(20)25)30-18-9-11-26(12-10-18)14-17(28)15-27-22-4-2-1-3-16(22)5-8-23(27)29/h1-8,13,17-18,23,28-29H,9-12,14-15H2/t17-,23?/m1/s1. The zero-order valence-electron chi connectivity index (χ0n) is 16.6. The van der Waals surface area contributed by atoms with Gasteiger partial charge in [-0.15, -0.1) is 0 Å². The number of hydrogen-bond acceptors (Lipinski definition) is 5. The molecule has 1 fully saturated rings. The van der Waals surface area contributed by atoms with Gasteiger partial charge in [0.05, 0.1) is 16.1 Å². The molecule has 2 aromatic carbocycles. The van der Waals surface area contributed by atoms with Gasteiger partial charge in [0.15, 0.2) is 0 Å². The summed E-state index contributed by atoms with van der Waals surface area (Å²) in [5.41, 5.74) is 2.00. The maximum Gasteiger partial charge on any atom is 0.146 e. The molecule has 160 valence electrons. The van der Waals surface area contributed by atoms with Gasteiger partial charge in [-0.3, -0.25) is 0 Å². The van der Waals surface area contributed by atoms with Gasteiger partial charge in [-0.1, -0.05) is 47.5 Å². The van der Waals surface area contributed by atoms with Crippen LogP contribution in [0.25, 0.3) is 6.08 Å². The van der Waals surface area contributed by atoms with Gasteiger partial charge in [-0.25, -0.2) is 0 Å². The van der Waals surface area contributed by atoms with Crippen molar-refractivity contribution in [3.63, 3.8) is 0 Å². The number of rotatable bonds is 6. The third kappa shape index (κ3) is 5.10. The summed E-state index contributed by atoms with van der Waals surface area (Å²) in [7, 11) is 0. The highest BCUT2D eigenvalue weighted by Crippen LogP contribution is 2.29. The predicted octanol–water partition coefficient (Wildman–Crippen LogP) is 4.05. The average Bonchev–Trinajstić information content (AvgIpc) is 2.74. The van der Waals surface area contributed by atoms with Crippen molar-refractivity contribution in [1.29, 1.82) is 0 Å². The van der Waals surface area contributed by atoms with Crippen molar-refractivity contribution in [3.8, 4) is 5.75 Å². The van der Waals surface area contributed by atoms with Crippen LogP contribution in [-0.4, -0.2) is 59.7 Å². The number of β-amino-alcohol motifs (C(OH)–C–C–N with tert-alkyl or cyclic N) is 1. The van der Waals surface area contributed by atoms with Crippen LogP contribution < -0.4 is 9.64 Å². The van der Waals surface area contributed by atoms with Crippen LogP contribution in [0.15, 0.2) is 48.5 Å². The molecule has 30 heavy (non-hydrogen) atoms. The number of piperidine rings is 1. The minimum absolute atomic E-state index is 0.122. The molecule has 2 atom stereocenters. The maximum atomic E-state index is 10.7. The Hall–Kier alpha value is -1.76. The fraction of sp³-hybridized carbons (Fsp3) is 0.391. The molecule has 7 heteroatoms. The van der Waals surface area contributed by atoms with Crippen LogP contribution in [0.3, 0.4) is 0 Å². The summed E-state index contributed by atoms with van der Waals surface area (Å²) in [6, 6.07) is 13.2. The molecule has 0 amide bonds. The summed E-state index contributed by atoms with van der Waals surface area (Å²) < 4.78 is 6.04. The van der Waals surface area contributed by atoms with Gasteiger partial charge in [0.25, 0.3) is 0 Å². The molecule has 4 rings (SSSR count). The molecule has 2 heterocycles. The van der Waals surface area contributed by atoms with E-state index >= 15 is 0 Å². The summed E-state index contributed by atoms with van der Waals surface area (Å²) in [5, 5.41) is 22.0. The van der Waals surface area contributed by atoms with Crippen molar-refractivity contribution in [2.24, 2.45) is 0 Å². The summed E-state index contributed by atoms with van der Waals surface area (Å²) in [5.74, 6) is 0.730. The van der Waals surface area contributed by atoms with Crippen LogP contribution in [0.2, 0.25) is 10.0 Å². The van der Waals surface area contributed by atoms with E-state index in [4.69, 9.17) is 27.9 Å². The number of ether oxygens (including phenoxy) is 1. The highest BCUT2D eigenvalue weighted by atomic mass is 35.5. The van der Waals surface area contributed by atoms with Gasteiger partial charge in [-0.05, 0) is 42.7 Å². The first kappa shape index (κ1) is 21.5. The molecule has 0 saturated carbocycles. The molecule has 2 aromatic rings. The number of benzene rings is 2. The fourth-order valence-electron chi connectivity index (χ4n) is 4.07. The van der Waals surface area contributed by atoms with Crippen molar-refractivity contribution in [2.45, 2.75) is 31.3 Å². The van der Waals surface area contributed by atoms with Crippen LogP contribution in [-0.2, 0) is 0 Å². The third-order valence-electron chi connectivity index (χ3n) is 5.62. The van der Waals surface area contributed by atoms with E-state index in [2.05, 4.69) is 4.90 Å². The summed E-state index contributed by atoms with van der Waals surface area (Å²) >= 11 is 12.0. The first-order valence-corrected chi connectivity index (χ1v) is 11.0. The monoisotopic (exact) mass is 448 g/mol. The van der Waals surface area contributed by atoms with E-state index in [9.17, 15) is 10.2 Å². The van der Waals surface area contributed by atoms with Crippen molar-refractivity contribution < 1.29 is 14.9 Å². The number of halogens is 2. The Kier molecular flexibility index (Phi) is 6.86. The SMILES string of the molecule is OC1C=Cc2ccccc2N1C[C@H](O)CN1CCC(Oc2ccc(Cl)c(Cl)c2)CC1. The van der Waals surface area contributed by atoms with Crippen LogP contribution in [0.1, 0.15) is 18.4 Å². The number of fused-ring (bicyclic) bond motifs is 1. The zero-order valence-corrected chi connectivity index (χ0v) is 18.1. The van der Waals surface area contributed by atoms with E-state index < -0.39 is 12.3 Å². The molecule has 2 N–H and O–H groups in total. The number of nitrogens with zero attached hydrogens (tertiary/aromatic N) is 2. The summed E-state index contributed by atoms with van der Waals surface area (Å²) in [6.07, 6.45) is 4.27. The minimum Gasteiger partial charge on any atom is -0.490 e. The van der Waals surface area contributed by atoms with Gasteiger partial charge in [0.1, 0.15) is 18.1 Å². The van der Waals surface area contributed by atoms with E-state index in [-0.39, 0.29) is 6.10 Å². The van der Waals surface area contributed by atoms with Crippen molar-refractivity contribution in [1.82, 2.24) is 4.90 Å². The Bertz CT molecular complexity index is 900. The predicted molar refractivity (Wildman–Crippen MR) is 121 cm³/mol. The lowest BCUT2D eigenvalue weighted by molar-refractivity contribution is 0.0601. The molecule has 2 aliphatic heterocycles.